The minimum atomic E-state index is -0.0175. The van der Waals surface area contributed by atoms with Gasteiger partial charge >= 0.3 is 0 Å². The van der Waals surface area contributed by atoms with Gasteiger partial charge in [-0.25, -0.2) is 0 Å². The van der Waals surface area contributed by atoms with Crippen molar-refractivity contribution in [2.45, 2.75) is 26.2 Å². The van der Waals surface area contributed by atoms with E-state index in [1.165, 1.54) is 104 Å². The van der Waals surface area contributed by atoms with Crippen LogP contribution in [0.25, 0.3) is 87.2 Å². The molecule has 10 rings (SSSR count). The summed E-state index contributed by atoms with van der Waals surface area (Å²) < 4.78 is 0. The van der Waals surface area contributed by atoms with Crippen molar-refractivity contribution >= 4 is 53.9 Å². The molecule has 0 N–H and O–H groups in total. The van der Waals surface area contributed by atoms with Crippen molar-refractivity contribution in [3.05, 3.63) is 168 Å². The molecular weight excluding hydrogens is 577 g/mol. The van der Waals surface area contributed by atoms with Crippen LogP contribution < -0.4 is 0 Å². The average Bonchev–Trinajstić information content (AvgIpc) is 3.35. The highest BCUT2D eigenvalue weighted by Gasteiger charge is 2.35. The molecule has 0 heterocycles. The molecule has 0 atom stereocenters. The largest absolute Gasteiger partial charge is 0.0619 e. The molecular formula is C48H34. The van der Waals surface area contributed by atoms with Crippen LogP contribution in [0.4, 0.5) is 0 Å². The second kappa shape index (κ2) is 9.89. The minimum absolute atomic E-state index is 0.0175. The van der Waals surface area contributed by atoms with Crippen molar-refractivity contribution in [2.24, 2.45) is 0 Å². The van der Waals surface area contributed by atoms with Gasteiger partial charge in [0.25, 0.3) is 0 Å². The number of fused-ring (bicyclic) bond motifs is 10. The number of rotatable bonds is 2. The smallest absolute Gasteiger partial charge is 0.0158 e. The fourth-order valence-corrected chi connectivity index (χ4v) is 8.84. The summed E-state index contributed by atoms with van der Waals surface area (Å²) in [7, 11) is 0. The zero-order valence-corrected chi connectivity index (χ0v) is 27.4. The predicted octanol–water partition coefficient (Wildman–Crippen LogP) is 13.4. The van der Waals surface area contributed by atoms with Crippen LogP contribution in [0.3, 0.4) is 0 Å². The summed E-state index contributed by atoms with van der Waals surface area (Å²) in [4.78, 5) is 0. The Morgan fingerprint density at radius 1 is 0.354 bits per heavy atom. The second-order valence-electron chi connectivity index (χ2n) is 14.1. The van der Waals surface area contributed by atoms with Gasteiger partial charge in [0, 0.05) is 5.41 Å². The monoisotopic (exact) mass is 610 g/mol. The summed E-state index contributed by atoms with van der Waals surface area (Å²) in [5, 5.41) is 12.9. The van der Waals surface area contributed by atoms with E-state index in [0.29, 0.717) is 0 Å². The molecule has 0 radical (unpaired) electrons. The van der Waals surface area contributed by atoms with E-state index in [1.807, 2.05) is 0 Å². The predicted molar refractivity (Wildman–Crippen MR) is 207 cm³/mol. The van der Waals surface area contributed by atoms with Crippen LogP contribution >= 0.6 is 0 Å². The minimum Gasteiger partial charge on any atom is -0.0619 e. The van der Waals surface area contributed by atoms with E-state index in [4.69, 9.17) is 0 Å². The molecule has 0 saturated heterocycles. The van der Waals surface area contributed by atoms with Crippen LogP contribution in [0.1, 0.15) is 30.5 Å². The first-order chi connectivity index (χ1) is 23.5. The van der Waals surface area contributed by atoms with Crippen molar-refractivity contribution in [1.29, 1.82) is 0 Å². The number of aryl methyl sites for hydroxylation is 1. The molecule has 0 fully saturated rings. The van der Waals surface area contributed by atoms with Crippen molar-refractivity contribution in [1.82, 2.24) is 0 Å². The molecule has 0 heteroatoms. The third-order valence-electron chi connectivity index (χ3n) is 11.1. The van der Waals surface area contributed by atoms with E-state index >= 15 is 0 Å². The van der Waals surface area contributed by atoms with Crippen LogP contribution in [0, 0.1) is 6.92 Å². The molecule has 9 aromatic rings. The van der Waals surface area contributed by atoms with Crippen LogP contribution in [-0.4, -0.2) is 0 Å². The molecule has 1 aliphatic carbocycles. The van der Waals surface area contributed by atoms with Crippen LogP contribution in [0.5, 0.6) is 0 Å². The molecule has 0 aliphatic heterocycles. The maximum Gasteiger partial charge on any atom is 0.0158 e. The Bertz CT molecular complexity index is 2810. The molecule has 0 aromatic heterocycles. The average molecular weight is 611 g/mol. The van der Waals surface area contributed by atoms with E-state index in [2.05, 4.69) is 172 Å². The van der Waals surface area contributed by atoms with E-state index in [1.54, 1.807) is 0 Å². The first-order valence-corrected chi connectivity index (χ1v) is 17.0. The highest BCUT2D eigenvalue weighted by atomic mass is 14.4. The third kappa shape index (κ3) is 3.72. The van der Waals surface area contributed by atoms with E-state index in [-0.39, 0.29) is 5.41 Å². The summed E-state index contributed by atoms with van der Waals surface area (Å²) in [6.45, 7) is 6.94. The lowest BCUT2D eigenvalue weighted by Crippen LogP contribution is -2.14. The van der Waals surface area contributed by atoms with Gasteiger partial charge < -0.3 is 0 Å². The molecule has 0 spiro atoms. The standard InChI is InChI=1S/C48H34/c1-29-20-23-39-42(26-29)46(31-22-25-45-41(27-31)36-16-10-11-19-44(36)48(45,2)3)37-17-8-9-18-38(37)47(39)43-28-40-32-13-5-4-12-30(32)21-24-35(40)33-14-6-7-15-34(33)43/h4-28H,1-3H3. The lowest BCUT2D eigenvalue weighted by atomic mass is 9.81. The summed E-state index contributed by atoms with van der Waals surface area (Å²) in [6, 6.07) is 57.1. The van der Waals surface area contributed by atoms with Gasteiger partial charge in [-0.3, -0.25) is 0 Å². The molecule has 0 bridgehead atoms. The Labute approximate surface area is 280 Å². The maximum atomic E-state index is 2.47. The molecule has 48 heavy (non-hydrogen) atoms. The summed E-state index contributed by atoms with van der Waals surface area (Å²) in [5.41, 5.74) is 12.0. The molecule has 226 valence electrons. The molecule has 0 saturated carbocycles. The lowest BCUT2D eigenvalue weighted by molar-refractivity contribution is 0.660. The number of hydrogen-bond donors (Lipinski definition) is 0. The molecule has 9 aromatic carbocycles. The zero-order valence-electron chi connectivity index (χ0n) is 27.4. The van der Waals surface area contributed by atoms with Gasteiger partial charge in [-0.05, 0) is 117 Å². The molecule has 0 amide bonds. The Morgan fingerprint density at radius 2 is 0.958 bits per heavy atom. The fourth-order valence-electron chi connectivity index (χ4n) is 8.84. The SMILES string of the molecule is Cc1ccc2c(-c3cc4c5ccccc5ccc4c4ccccc34)c3ccccc3c(-c3ccc4c(c3)-c3ccccc3C4(C)C)c2c1. The Morgan fingerprint density at radius 3 is 1.79 bits per heavy atom. The first-order valence-electron chi connectivity index (χ1n) is 17.0. The lowest BCUT2D eigenvalue weighted by Gasteiger charge is -2.22. The highest BCUT2D eigenvalue weighted by molar-refractivity contribution is 6.27. The Kier molecular flexibility index (Phi) is 5.65. The molecule has 1 aliphatic rings. The van der Waals surface area contributed by atoms with Crippen LogP contribution in [0.15, 0.2) is 152 Å². The van der Waals surface area contributed by atoms with Crippen molar-refractivity contribution in [3.8, 4) is 33.4 Å². The van der Waals surface area contributed by atoms with Crippen molar-refractivity contribution in [3.63, 3.8) is 0 Å². The maximum absolute atomic E-state index is 2.47. The highest BCUT2D eigenvalue weighted by Crippen LogP contribution is 2.52. The zero-order chi connectivity index (χ0) is 32.1. The van der Waals surface area contributed by atoms with Gasteiger partial charge in [0.05, 0.1) is 0 Å². The third-order valence-corrected chi connectivity index (χ3v) is 11.1. The first kappa shape index (κ1) is 27.4. The van der Waals surface area contributed by atoms with Crippen molar-refractivity contribution < 1.29 is 0 Å². The van der Waals surface area contributed by atoms with Crippen molar-refractivity contribution in [2.75, 3.05) is 0 Å². The van der Waals surface area contributed by atoms with Gasteiger partial charge in [0.15, 0.2) is 0 Å². The number of hydrogen-bond acceptors (Lipinski definition) is 0. The summed E-state index contributed by atoms with van der Waals surface area (Å²) in [6.07, 6.45) is 0. The van der Waals surface area contributed by atoms with E-state index in [0.717, 1.165) is 0 Å². The van der Waals surface area contributed by atoms with Gasteiger partial charge in [-0.15, -0.1) is 0 Å². The topological polar surface area (TPSA) is 0 Å². The van der Waals surface area contributed by atoms with E-state index in [9.17, 15) is 0 Å². The molecule has 0 unspecified atom stereocenters. The Hall–Kier alpha value is -5.72. The summed E-state index contributed by atoms with van der Waals surface area (Å²) >= 11 is 0. The van der Waals surface area contributed by atoms with Gasteiger partial charge in [-0.2, -0.15) is 0 Å². The van der Waals surface area contributed by atoms with Crippen LogP contribution in [-0.2, 0) is 5.41 Å². The number of benzene rings is 9. The second-order valence-corrected chi connectivity index (χ2v) is 14.1. The summed E-state index contributed by atoms with van der Waals surface area (Å²) in [5.74, 6) is 0. The fraction of sp³-hybridized carbons (Fsp3) is 0.0833. The van der Waals surface area contributed by atoms with Gasteiger partial charge in [-0.1, -0.05) is 159 Å². The Balaban J connectivity index is 1.35. The van der Waals surface area contributed by atoms with E-state index < -0.39 is 0 Å². The van der Waals surface area contributed by atoms with Crippen LogP contribution in [0.2, 0.25) is 0 Å². The quantitative estimate of drug-likeness (QED) is 0.135. The van der Waals surface area contributed by atoms with Gasteiger partial charge in [0.2, 0.25) is 0 Å². The van der Waals surface area contributed by atoms with Gasteiger partial charge in [0.1, 0.15) is 0 Å². The molecule has 0 nitrogen and oxygen atoms in total. The normalized spacial score (nSPS) is 13.5.